The predicted octanol–water partition coefficient (Wildman–Crippen LogP) is 1.95. The molecule has 5 nitrogen and oxygen atoms in total. The highest BCUT2D eigenvalue weighted by Gasteiger charge is 2.23. The number of hydrogen-bond acceptors (Lipinski definition) is 5. The van der Waals surface area contributed by atoms with Gasteiger partial charge in [0.15, 0.2) is 11.5 Å². The van der Waals surface area contributed by atoms with Gasteiger partial charge in [-0.05, 0) is 24.1 Å². The van der Waals surface area contributed by atoms with Crippen LogP contribution < -0.4 is 20.7 Å². The number of benzene rings is 1. The third kappa shape index (κ3) is 3.58. The van der Waals surface area contributed by atoms with Gasteiger partial charge in [-0.25, -0.2) is 5.84 Å². The molecule has 0 saturated heterocycles. The fraction of sp³-hybridized carbons (Fsp3) is 0.500. The molecule has 2 rings (SSSR count). The van der Waals surface area contributed by atoms with Gasteiger partial charge in [-0.1, -0.05) is 13.8 Å². The number of hydrazine groups is 1. The monoisotopic (exact) mass is 296 g/mol. The Kier molecular flexibility index (Phi) is 5.14. The summed E-state index contributed by atoms with van der Waals surface area (Å²) in [5.74, 6) is 6.75. The summed E-state index contributed by atoms with van der Waals surface area (Å²) in [7, 11) is 0. The summed E-state index contributed by atoms with van der Waals surface area (Å²) in [5, 5.41) is -0.232. The maximum Gasteiger partial charge on any atom is 0.247 e. The van der Waals surface area contributed by atoms with E-state index in [1.54, 1.807) is 0 Å². The second-order valence-corrected chi connectivity index (χ2v) is 6.17. The second kappa shape index (κ2) is 6.85. The largest absolute Gasteiger partial charge is 0.490 e. The standard InChI is InChI=1S/C14H20N2O3S/c1-9(2)13(14(17)16-15)20-10-4-5-11-12(8-10)19-7-3-6-18-11/h4-5,8-9,13H,3,6-7,15H2,1-2H3,(H,16,17). The molecule has 1 atom stereocenters. The Bertz CT molecular complexity index is 479. The molecule has 1 aromatic rings. The summed E-state index contributed by atoms with van der Waals surface area (Å²) in [4.78, 5) is 12.8. The van der Waals surface area contributed by atoms with Gasteiger partial charge in [0.2, 0.25) is 5.91 Å². The molecule has 1 unspecified atom stereocenters. The van der Waals surface area contributed by atoms with Crippen LogP contribution in [0.3, 0.4) is 0 Å². The fourth-order valence-electron chi connectivity index (χ4n) is 1.94. The van der Waals surface area contributed by atoms with E-state index in [1.807, 2.05) is 32.0 Å². The van der Waals surface area contributed by atoms with Crippen LogP contribution in [0.25, 0.3) is 0 Å². The summed E-state index contributed by atoms with van der Waals surface area (Å²) in [6.07, 6.45) is 0.876. The highest BCUT2D eigenvalue weighted by Crippen LogP contribution is 2.36. The van der Waals surface area contributed by atoms with Crippen molar-refractivity contribution in [1.82, 2.24) is 5.43 Å². The van der Waals surface area contributed by atoms with Crippen molar-refractivity contribution in [1.29, 1.82) is 0 Å². The predicted molar refractivity (Wildman–Crippen MR) is 78.9 cm³/mol. The first-order valence-corrected chi connectivity index (χ1v) is 7.56. The topological polar surface area (TPSA) is 73.6 Å². The van der Waals surface area contributed by atoms with E-state index in [-0.39, 0.29) is 17.1 Å². The lowest BCUT2D eigenvalue weighted by molar-refractivity contribution is -0.121. The van der Waals surface area contributed by atoms with Crippen LogP contribution in [-0.4, -0.2) is 24.4 Å². The van der Waals surface area contributed by atoms with Crippen molar-refractivity contribution in [2.45, 2.75) is 30.4 Å². The number of fused-ring (bicyclic) bond motifs is 1. The Morgan fingerprint density at radius 2 is 2.00 bits per heavy atom. The van der Waals surface area contributed by atoms with Crippen molar-refractivity contribution in [2.75, 3.05) is 13.2 Å². The summed E-state index contributed by atoms with van der Waals surface area (Å²) < 4.78 is 11.2. The molecule has 0 aliphatic carbocycles. The van der Waals surface area contributed by atoms with Gasteiger partial charge in [0.1, 0.15) is 0 Å². The van der Waals surface area contributed by atoms with Crippen LogP contribution in [0.2, 0.25) is 0 Å². The lowest BCUT2D eigenvalue weighted by atomic mass is 10.1. The molecule has 1 heterocycles. The van der Waals surface area contributed by atoms with Crippen molar-refractivity contribution in [2.24, 2.45) is 11.8 Å². The molecule has 6 heteroatoms. The van der Waals surface area contributed by atoms with Crippen LogP contribution in [0, 0.1) is 5.92 Å². The number of amides is 1. The molecule has 1 aliphatic rings. The fourth-order valence-corrected chi connectivity index (χ4v) is 3.00. The zero-order valence-electron chi connectivity index (χ0n) is 11.7. The zero-order valence-corrected chi connectivity index (χ0v) is 12.5. The van der Waals surface area contributed by atoms with Crippen molar-refractivity contribution < 1.29 is 14.3 Å². The minimum absolute atomic E-state index is 0.169. The number of carbonyl (C=O) groups is 1. The van der Waals surface area contributed by atoms with Crippen molar-refractivity contribution >= 4 is 17.7 Å². The molecule has 0 saturated carbocycles. The average molecular weight is 296 g/mol. The lowest BCUT2D eigenvalue weighted by Gasteiger charge is -2.19. The molecular formula is C14H20N2O3S. The molecule has 0 aromatic heterocycles. The lowest BCUT2D eigenvalue weighted by Crippen LogP contribution is -2.39. The maximum atomic E-state index is 11.8. The molecule has 1 aromatic carbocycles. The van der Waals surface area contributed by atoms with Crippen LogP contribution in [0.1, 0.15) is 20.3 Å². The van der Waals surface area contributed by atoms with Crippen molar-refractivity contribution in [3.05, 3.63) is 18.2 Å². The highest BCUT2D eigenvalue weighted by atomic mass is 32.2. The number of nitrogens with one attached hydrogen (secondary N) is 1. The van der Waals surface area contributed by atoms with Gasteiger partial charge in [0.25, 0.3) is 0 Å². The Morgan fingerprint density at radius 1 is 1.30 bits per heavy atom. The molecule has 1 aliphatic heterocycles. The molecular weight excluding hydrogens is 276 g/mol. The third-order valence-corrected chi connectivity index (χ3v) is 4.53. The summed E-state index contributed by atoms with van der Waals surface area (Å²) in [6, 6.07) is 5.75. The van der Waals surface area contributed by atoms with Gasteiger partial charge in [-0.3, -0.25) is 10.2 Å². The smallest absolute Gasteiger partial charge is 0.247 e. The quantitative estimate of drug-likeness (QED) is 0.384. The van der Waals surface area contributed by atoms with Crippen LogP contribution in [0.4, 0.5) is 0 Å². The van der Waals surface area contributed by atoms with E-state index < -0.39 is 0 Å². The highest BCUT2D eigenvalue weighted by molar-refractivity contribution is 8.00. The van der Waals surface area contributed by atoms with Crippen LogP contribution in [-0.2, 0) is 4.79 Å². The van der Waals surface area contributed by atoms with Gasteiger partial charge < -0.3 is 9.47 Å². The van der Waals surface area contributed by atoms with Crippen LogP contribution in [0.5, 0.6) is 11.5 Å². The number of thioether (sulfide) groups is 1. The first-order chi connectivity index (χ1) is 9.61. The molecule has 0 fully saturated rings. The number of rotatable bonds is 4. The van der Waals surface area contributed by atoms with E-state index >= 15 is 0 Å². The Hall–Kier alpha value is -1.40. The van der Waals surface area contributed by atoms with Crippen LogP contribution in [0.15, 0.2) is 23.1 Å². The van der Waals surface area contributed by atoms with E-state index in [0.29, 0.717) is 13.2 Å². The van der Waals surface area contributed by atoms with Gasteiger partial charge in [0, 0.05) is 11.3 Å². The van der Waals surface area contributed by atoms with E-state index in [0.717, 1.165) is 22.8 Å². The van der Waals surface area contributed by atoms with Gasteiger partial charge in [-0.15, -0.1) is 11.8 Å². The third-order valence-electron chi connectivity index (χ3n) is 2.99. The molecule has 0 bridgehead atoms. The second-order valence-electron chi connectivity index (χ2n) is 4.95. The van der Waals surface area contributed by atoms with E-state index in [9.17, 15) is 4.79 Å². The van der Waals surface area contributed by atoms with Crippen molar-refractivity contribution in [3.8, 4) is 11.5 Å². The Morgan fingerprint density at radius 3 is 2.65 bits per heavy atom. The molecule has 1 amide bonds. The summed E-state index contributed by atoms with van der Waals surface area (Å²) in [5.41, 5.74) is 2.22. The summed E-state index contributed by atoms with van der Waals surface area (Å²) >= 11 is 1.48. The van der Waals surface area contributed by atoms with E-state index in [4.69, 9.17) is 15.3 Å². The zero-order chi connectivity index (χ0) is 14.5. The normalized spacial score (nSPS) is 15.6. The van der Waals surface area contributed by atoms with Gasteiger partial charge >= 0.3 is 0 Å². The first-order valence-electron chi connectivity index (χ1n) is 6.68. The molecule has 3 N–H and O–H groups in total. The Balaban J connectivity index is 2.16. The first kappa shape index (κ1) is 15.0. The molecule has 0 spiro atoms. The number of nitrogens with two attached hydrogens (primary N) is 1. The molecule has 0 radical (unpaired) electrons. The number of ether oxygens (including phenoxy) is 2. The average Bonchev–Trinajstić information content (AvgIpc) is 2.68. The Labute approximate surface area is 123 Å². The maximum absolute atomic E-state index is 11.8. The van der Waals surface area contributed by atoms with Gasteiger partial charge in [0.05, 0.1) is 18.5 Å². The molecule has 20 heavy (non-hydrogen) atoms. The number of carbonyl (C=O) groups excluding carboxylic acids is 1. The number of hydrogen-bond donors (Lipinski definition) is 2. The van der Waals surface area contributed by atoms with E-state index in [2.05, 4.69) is 5.43 Å². The van der Waals surface area contributed by atoms with Crippen LogP contribution >= 0.6 is 11.8 Å². The minimum Gasteiger partial charge on any atom is -0.490 e. The van der Waals surface area contributed by atoms with E-state index in [1.165, 1.54) is 11.8 Å². The summed E-state index contributed by atoms with van der Waals surface area (Å²) in [6.45, 7) is 5.31. The minimum atomic E-state index is -0.232. The van der Waals surface area contributed by atoms with Crippen molar-refractivity contribution in [3.63, 3.8) is 0 Å². The molecule has 110 valence electrons. The SMILES string of the molecule is CC(C)C(Sc1ccc2c(c1)OCCCO2)C(=O)NN. The van der Waals surface area contributed by atoms with Gasteiger partial charge in [-0.2, -0.15) is 0 Å².